The summed E-state index contributed by atoms with van der Waals surface area (Å²) in [5, 5.41) is 10.0. The summed E-state index contributed by atoms with van der Waals surface area (Å²) in [6, 6.07) is 0. The van der Waals surface area contributed by atoms with Crippen molar-refractivity contribution in [3.63, 3.8) is 0 Å². The lowest BCUT2D eigenvalue weighted by Gasteiger charge is -2.12. The van der Waals surface area contributed by atoms with Crippen molar-refractivity contribution in [3.05, 3.63) is 35.2 Å². The summed E-state index contributed by atoms with van der Waals surface area (Å²) < 4.78 is 11.2. The zero-order chi connectivity index (χ0) is 13.0. The summed E-state index contributed by atoms with van der Waals surface area (Å²) in [7, 11) is 0. The number of allylic oxidation sites excluding steroid dienone is 1. The topological polar surface area (TPSA) is 52.8 Å². The molecule has 98 valence electrons. The second-order valence-corrected chi connectivity index (χ2v) is 4.38. The van der Waals surface area contributed by atoms with Crippen LogP contribution in [0.2, 0.25) is 0 Å². The van der Waals surface area contributed by atoms with Gasteiger partial charge in [-0.05, 0) is 12.8 Å². The van der Waals surface area contributed by atoms with E-state index in [1.54, 1.807) is 0 Å². The molecular weight excluding hydrogens is 230 g/mol. The highest BCUT2D eigenvalue weighted by atomic mass is 16.7. The molecule has 0 fully saturated rings. The molecule has 1 aliphatic rings. The zero-order valence-electron chi connectivity index (χ0n) is 10.9. The molecule has 4 heteroatoms. The molecule has 2 rings (SSSR count). The van der Waals surface area contributed by atoms with Gasteiger partial charge in [0.15, 0.2) is 18.2 Å². The predicted octanol–water partition coefficient (Wildman–Crippen LogP) is 2.42. The van der Waals surface area contributed by atoms with Crippen molar-refractivity contribution >= 4 is 0 Å². The number of aromatic amines is 1. The minimum atomic E-state index is -0.441. The Kier molecular flexibility index (Phi) is 4.33. The van der Waals surface area contributed by atoms with Gasteiger partial charge in [-0.25, -0.2) is 4.98 Å². The van der Waals surface area contributed by atoms with E-state index in [4.69, 9.17) is 9.47 Å². The predicted molar refractivity (Wildman–Crippen MR) is 66.9 cm³/mol. The van der Waals surface area contributed by atoms with E-state index < -0.39 is 6.29 Å². The van der Waals surface area contributed by atoms with Crippen LogP contribution in [0.25, 0.3) is 0 Å². The van der Waals surface area contributed by atoms with E-state index >= 15 is 0 Å². The van der Waals surface area contributed by atoms with Gasteiger partial charge in [-0.1, -0.05) is 19.1 Å². The monoisotopic (exact) mass is 250 g/mol. The molecule has 0 aliphatic carbocycles. The SMILES string of the molecule is CC/C=C\CCOC1OCc2c[nH+]c(C)c(O)c21. The molecule has 0 radical (unpaired) electrons. The van der Waals surface area contributed by atoms with Crippen LogP contribution in [0, 0.1) is 6.92 Å². The smallest absolute Gasteiger partial charge is 0.219 e. The number of fused-ring (bicyclic) bond motifs is 1. The number of aryl methyl sites for hydroxylation is 1. The van der Waals surface area contributed by atoms with Crippen molar-refractivity contribution in [2.24, 2.45) is 0 Å². The van der Waals surface area contributed by atoms with Gasteiger partial charge in [-0.15, -0.1) is 0 Å². The van der Waals surface area contributed by atoms with Gasteiger partial charge in [0.05, 0.1) is 24.3 Å². The van der Waals surface area contributed by atoms with Gasteiger partial charge in [-0.2, -0.15) is 0 Å². The van der Waals surface area contributed by atoms with Crippen LogP contribution in [0.1, 0.15) is 42.9 Å². The first kappa shape index (κ1) is 13.1. The fraction of sp³-hybridized carbons (Fsp3) is 0.500. The standard InChI is InChI=1S/C14H19NO3/c1-3-4-5-6-7-17-14-12-11(9-18-14)8-15-10(2)13(12)16/h4-5,8,14,16H,3,6-7,9H2,1-2H3/p+1/b5-4-. The van der Waals surface area contributed by atoms with Crippen LogP contribution < -0.4 is 4.98 Å². The van der Waals surface area contributed by atoms with Crippen LogP contribution in [-0.4, -0.2) is 11.7 Å². The molecule has 4 nitrogen and oxygen atoms in total. The summed E-state index contributed by atoms with van der Waals surface area (Å²) in [4.78, 5) is 3.01. The Morgan fingerprint density at radius 2 is 2.39 bits per heavy atom. The maximum Gasteiger partial charge on any atom is 0.219 e. The first-order valence-electron chi connectivity index (χ1n) is 6.35. The molecule has 0 saturated heterocycles. The molecule has 1 atom stereocenters. The van der Waals surface area contributed by atoms with Crippen molar-refractivity contribution in [1.29, 1.82) is 0 Å². The third-order valence-corrected chi connectivity index (χ3v) is 3.00. The molecule has 0 spiro atoms. The second kappa shape index (κ2) is 5.98. The lowest BCUT2D eigenvalue weighted by molar-refractivity contribution is -0.389. The highest BCUT2D eigenvalue weighted by Crippen LogP contribution is 2.37. The average molecular weight is 250 g/mol. The minimum absolute atomic E-state index is 0.249. The van der Waals surface area contributed by atoms with Gasteiger partial charge >= 0.3 is 0 Å². The first-order chi connectivity index (χ1) is 8.74. The molecule has 1 aliphatic heterocycles. The van der Waals surface area contributed by atoms with Crippen molar-refractivity contribution in [2.75, 3.05) is 6.61 Å². The summed E-state index contributed by atoms with van der Waals surface area (Å²) in [5.41, 5.74) is 2.47. The fourth-order valence-corrected chi connectivity index (χ4v) is 1.99. The molecule has 2 heterocycles. The second-order valence-electron chi connectivity index (χ2n) is 4.38. The van der Waals surface area contributed by atoms with Gasteiger partial charge in [-0.3, -0.25) is 0 Å². The van der Waals surface area contributed by atoms with Gasteiger partial charge < -0.3 is 14.6 Å². The normalized spacial score (nSPS) is 18.4. The fourth-order valence-electron chi connectivity index (χ4n) is 1.99. The van der Waals surface area contributed by atoms with Crippen molar-refractivity contribution < 1.29 is 19.6 Å². The minimum Gasteiger partial charge on any atom is -0.502 e. The zero-order valence-corrected chi connectivity index (χ0v) is 10.9. The number of rotatable bonds is 5. The largest absolute Gasteiger partial charge is 0.502 e. The molecule has 2 N–H and O–H groups in total. The lowest BCUT2D eigenvalue weighted by Crippen LogP contribution is -2.11. The van der Waals surface area contributed by atoms with E-state index in [1.807, 2.05) is 13.1 Å². The maximum atomic E-state index is 10.0. The van der Waals surface area contributed by atoms with E-state index in [9.17, 15) is 5.11 Å². The highest BCUT2D eigenvalue weighted by Gasteiger charge is 2.31. The number of ether oxygens (including phenoxy) is 2. The van der Waals surface area contributed by atoms with Crippen LogP contribution in [0.3, 0.4) is 0 Å². The lowest BCUT2D eigenvalue weighted by atomic mass is 10.1. The molecule has 0 saturated carbocycles. The Balaban J connectivity index is 1.98. The van der Waals surface area contributed by atoms with Gasteiger partial charge in [0.2, 0.25) is 5.69 Å². The molecule has 18 heavy (non-hydrogen) atoms. The van der Waals surface area contributed by atoms with Crippen LogP contribution in [-0.2, 0) is 16.1 Å². The summed E-state index contributed by atoms with van der Waals surface area (Å²) in [5.74, 6) is 0.249. The highest BCUT2D eigenvalue weighted by molar-refractivity contribution is 5.40. The van der Waals surface area contributed by atoms with E-state index in [1.165, 1.54) is 0 Å². The molecule has 0 bridgehead atoms. The third-order valence-electron chi connectivity index (χ3n) is 3.00. The molecular formula is C14H20NO3+. The van der Waals surface area contributed by atoms with Gasteiger partial charge in [0.25, 0.3) is 0 Å². The van der Waals surface area contributed by atoms with E-state index in [-0.39, 0.29) is 5.75 Å². The maximum absolute atomic E-state index is 10.0. The quantitative estimate of drug-likeness (QED) is 0.645. The Morgan fingerprint density at radius 1 is 1.56 bits per heavy atom. The third kappa shape index (κ3) is 2.71. The van der Waals surface area contributed by atoms with Crippen LogP contribution >= 0.6 is 0 Å². The molecule has 1 aromatic heterocycles. The Bertz CT molecular complexity index is 443. The average Bonchev–Trinajstić information content (AvgIpc) is 2.78. The molecule has 1 unspecified atom stereocenters. The van der Waals surface area contributed by atoms with E-state index in [0.29, 0.717) is 13.2 Å². The summed E-state index contributed by atoms with van der Waals surface area (Å²) >= 11 is 0. The van der Waals surface area contributed by atoms with Crippen molar-refractivity contribution in [3.8, 4) is 5.75 Å². The molecule has 0 amide bonds. The van der Waals surface area contributed by atoms with Crippen molar-refractivity contribution in [1.82, 2.24) is 0 Å². The van der Waals surface area contributed by atoms with Crippen LogP contribution in [0.4, 0.5) is 0 Å². The van der Waals surface area contributed by atoms with Crippen molar-refractivity contribution in [2.45, 2.75) is 39.6 Å². The summed E-state index contributed by atoms with van der Waals surface area (Å²) in [6.45, 7) is 5.01. The Hall–Kier alpha value is -1.39. The number of aromatic hydroxyl groups is 1. The van der Waals surface area contributed by atoms with E-state index in [2.05, 4.69) is 24.1 Å². The number of hydrogen-bond donors (Lipinski definition) is 1. The number of pyridine rings is 1. The van der Waals surface area contributed by atoms with Gasteiger partial charge in [0, 0.05) is 6.92 Å². The van der Waals surface area contributed by atoms with E-state index in [0.717, 1.165) is 29.7 Å². The van der Waals surface area contributed by atoms with Crippen LogP contribution in [0.5, 0.6) is 5.75 Å². The van der Waals surface area contributed by atoms with Crippen LogP contribution in [0.15, 0.2) is 18.3 Å². The number of H-pyrrole nitrogens is 1. The first-order valence-corrected chi connectivity index (χ1v) is 6.35. The molecule has 1 aromatic rings. The van der Waals surface area contributed by atoms with Gasteiger partial charge in [0.1, 0.15) is 0 Å². The molecule has 0 aromatic carbocycles. The summed E-state index contributed by atoms with van der Waals surface area (Å²) in [6.07, 6.45) is 7.54. The number of hydrogen-bond acceptors (Lipinski definition) is 3. The Morgan fingerprint density at radius 3 is 3.17 bits per heavy atom. The Labute approximate surface area is 107 Å². The number of aromatic nitrogens is 1. The number of nitrogens with one attached hydrogen (secondary N) is 1.